The highest BCUT2D eigenvalue weighted by Crippen LogP contribution is 2.40. The molecule has 0 bridgehead atoms. The predicted molar refractivity (Wildman–Crippen MR) is 74.1 cm³/mol. The number of carbonyl (C=O) groups excluding carboxylic acids is 1. The van der Waals surface area contributed by atoms with Crippen molar-refractivity contribution in [1.82, 2.24) is 25.4 Å². The van der Waals surface area contributed by atoms with Crippen molar-refractivity contribution < 1.29 is 9.32 Å². The summed E-state index contributed by atoms with van der Waals surface area (Å²) in [6, 6.07) is 0.929. The van der Waals surface area contributed by atoms with E-state index in [0.29, 0.717) is 17.6 Å². The molecule has 2 heterocycles. The second kappa shape index (κ2) is 5.04. The summed E-state index contributed by atoms with van der Waals surface area (Å²) in [6.45, 7) is 0. The molecule has 1 atom stereocenters. The van der Waals surface area contributed by atoms with E-state index < -0.39 is 0 Å². The highest BCUT2D eigenvalue weighted by molar-refractivity contribution is 5.92. The van der Waals surface area contributed by atoms with Crippen LogP contribution in [0.5, 0.6) is 0 Å². The lowest BCUT2D eigenvalue weighted by molar-refractivity contribution is 0.0923. The van der Waals surface area contributed by atoms with Crippen LogP contribution in [0.25, 0.3) is 0 Å². The monoisotopic (exact) mass is 301 g/mol. The zero-order valence-corrected chi connectivity index (χ0v) is 11.8. The maximum Gasteiger partial charge on any atom is 0.270 e. The van der Waals surface area contributed by atoms with Gasteiger partial charge in [-0.05, 0) is 31.6 Å². The van der Waals surface area contributed by atoms with Gasteiger partial charge in [0.1, 0.15) is 11.5 Å². The fourth-order valence-corrected chi connectivity index (χ4v) is 2.50. The Morgan fingerprint density at radius 2 is 2.18 bits per heavy atom. The Morgan fingerprint density at radius 3 is 2.82 bits per heavy atom. The third-order valence-electron chi connectivity index (χ3n) is 3.99. The van der Waals surface area contributed by atoms with E-state index >= 15 is 0 Å². The molecule has 2 fully saturated rings. The average Bonchev–Trinajstić information content (AvgIpc) is 3.42. The van der Waals surface area contributed by atoms with Crippen LogP contribution in [-0.4, -0.2) is 26.0 Å². The van der Waals surface area contributed by atoms with Crippen molar-refractivity contribution in [3.63, 3.8) is 0 Å². The van der Waals surface area contributed by atoms with Crippen LogP contribution in [0.4, 0.5) is 0 Å². The van der Waals surface area contributed by atoms with Gasteiger partial charge in [-0.2, -0.15) is 4.98 Å². The molecule has 2 N–H and O–H groups in total. The third-order valence-corrected chi connectivity index (χ3v) is 3.99. The second-order valence-electron chi connectivity index (χ2n) is 5.87. The number of H-pyrrole nitrogens is 1. The van der Waals surface area contributed by atoms with Gasteiger partial charge in [0.15, 0.2) is 5.82 Å². The molecule has 0 aromatic carbocycles. The maximum atomic E-state index is 12.4. The molecule has 2 aliphatic rings. The minimum atomic E-state index is -0.380. The van der Waals surface area contributed by atoms with Crippen LogP contribution in [0.3, 0.4) is 0 Å². The van der Waals surface area contributed by atoms with Crippen LogP contribution < -0.4 is 10.9 Å². The number of nitrogens with one attached hydrogen (secondary N) is 2. The first-order valence-electron chi connectivity index (χ1n) is 7.39. The van der Waals surface area contributed by atoms with E-state index in [2.05, 4.69) is 25.4 Å². The van der Waals surface area contributed by atoms with Crippen molar-refractivity contribution in [2.75, 3.05) is 0 Å². The van der Waals surface area contributed by atoms with Gasteiger partial charge in [-0.15, -0.1) is 0 Å². The Bertz CT molecular complexity index is 746. The Labute approximate surface area is 125 Å². The lowest BCUT2D eigenvalue weighted by Gasteiger charge is -2.14. The summed E-state index contributed by atoms with van der Waals surface area (Å²) in [5.41, 5.74) is -0.163. The number of rotatable bonds is 5. The molecule has 0 saturated heterocycles. The summed E-state index contributed by atoms with van der Waals surface area (Å²) in [6.07, 6.45) is 5.27. The largest absolute Gasteiger partial charge is 0.343 e. The highest BCUT2D eigenvalue weighted by Gasteiger charge is 2.36. The van der Waals surface area contributed by atoms with Crippen LogP contribution in [-0.2, 0) is 0 Å². The number of hydrogen-bond acceptors (Lipinski definition) is 6. The van der Waals surface area contributed by atoms with Gasteiger partial charge in [-0.1, -0.05) is 5.16 Å². The number of aromatic nitrogens is 4. The van der Waals surface area contributed by atoms with Crippen LogP contribution in [0.2, 0.25) is 0 Å². The zero-order chi connectivity index (χ0) is 15.1. The fraction of sp³-hybridized carbons (Fsp3) is 0.500. The Hall–Kier alpha value is -2.51. The van der Waals surface area contributed by atoms with Gasteiger partial charge in [0.25, 0.3) is 11.5 Å². The quantitative estimate of drug-likeness (QED) is 0.848. The van der Waals surface area contributed by atoms with Gasteiger partial charge >= 0.3 is 0 Å². The molecule has 0 spiro atoms. The van der Waals surface area contributed by atoms with Gasteiger partial charge in [0.05, 0.1) is 6.04 Å². The van der Waals surface area contributed by atoms with Gasteiger partial charge < -0.3 is 14.8 Å². The van der Waals surface area contributed by atoms with Crippen molar-refractivity contribution >= 4 is 5.91 Å². The summed E-state index contributed by atoms with van der Waals surface area (Å²) in [5, 5.41) is 6.68. The molecule has 2 saturated carbocycles. The molecule has 1 amide bonds. The molecule has 8 nitrogen and oxygen atoms in total. The van der Waals surface area contributed by atoms with E-state index in [1.54, 1.807) is 0 Å². The lowest BCUT2D eigenvalue weighted by atomic mass is 10.1. The maximum absolute atomic E-state index is 12.4. The Kier molecular flexibility index (Phi) is 3.02. The predicted octanol–water partition coefficient (Wildman–Crippen LogP) is 0.911. The average molecular weight is 301 g/mol. The smallest absolute Gasteiger partial charge is 0.270 e. The first-order valence-corrected chi connectivity index (χ1v) is 7.39. The van der Waals surface area contributed by atoms with Crippen LogP contribution in [0.1, 0.15) is 59.8 Å². The van der Waals surface area contributed by atoms with Gasteiger partial charge in [-0.25, -0.2) is 4.98 Å². The SMILES string of the molecule is O=C(NC(c1ncon1)C1CC1)c1cc(=O)[nH]c(C2CC2)n1. The van der Waals surface area contributed by atoms with Crippen LogP contribution >= 0.6 is 0 Å². The summed E-state index contributed by atoms with van der Waals surface area (Å²) in [5.74, 6) is 1.27. The van der Waals surface area contributed by atoms with E-state index in [1.807, 2.05) is 0 Å². The molecule has 8 heteroatoms. The first-order chi connectivity index (χ1) is 10.7. The molecule has 2 aromatic heterocycles. The van der Waals surface area contributed by atoms with Gasteiger partial charge in [0.2, 0.25) is 6.39 Å². The summed E-state index contributed by atoms with van der Waals surface area (Å²) in [7, 11) is 0. The normalized spacial score (nSPS) is 18.9. The van der Waals surface area contributed by atoms with E-state index in [9.17, 15) is 9.59 Å². The van der Waals surface area contributed by atoms with Gasteiger partial charge in [0, 0.05) is 12.0 Å². The molecule has 0 aliphatic heterocycles. The number of amides is 1. The number of nitrogens with zero attached hydrogens (tertiary/aromatic N) is 3. The lowest BCUT2D eigenvalue weighted by Crippen LogP contribution is -2.32. The molecule has 22 heavy (non-hydrogen) atoms. The molecule has 114 valence electrons. The Morgan fingerprint density at radius 1 is 1.36 bits per heavy atom. The van der Waals surface area contributed by atoms with E-state index in [4.69, 9.17) is 4.52 Å². The van der Waals surface area contributed by atoms with Crippen molar-refractivity contribution in [2.45, 2.75) is 37.6 Å². The van der Waals surface area contributed by atoms with Crippen LogP contribution in [0, 0.1) is 5.92 Å². The minimum absolute atomic E-state index is 0.139. The molecular formula is C14H15N5O3. The van der Waals surface area contributed by atoms with E-state index in [1.165, 1.54) is 12.5 Å². The summed E-state index contributed by atoms with van der Waals surface area (Å²) < 4.78 is 4.76. The molecular weight excluding hydrogens is 286 g/mol. The molecule has 0 radical (unpaired) electrons. The molecule has 2 aromatic rings. The zero-order valence-electron chi connectivity index (χ0n) is 11.8. The highest BCUT2D eigenvalue weighted by atomic mass is 16.5. The number of hydrogen-bond donors (Lipinski definition) is 2. The summed E-state index contributed by atoms with van der Waals surface area (Å²) >= 11 is 0. The minimum Gasteiger partial charge on any atom is -0.343 e. The van der Waals surface area contributed by atoms with Crippen molar-refractivity contribution in [1.29, 1.82) is 0 Å². The van der Waals surface area contributed by atoms with Crippen molar-refractivity contribution in [3.8, 4) is 0 Å². The standard InChI is InChI=1S/C14H15N5O3/c20-10-5-9(16-12(17-10)8-3-4-8)14(21)18-11(7-1-2-7)13-15-6-22-19-13/h5-8,11H,1-4H2,(H,18,21)(H,16,17,20). The second-order valence-corrected chi connectivity index (χ2v) is 5.87. The molecule has 2 aliphatic carbocycles. The van der Waals surface area contributed by atoms with Crippen molar-refractivity contribution in [3.05, 3.63) is 40.2 Å². The van der Waals surface area contributed by atoms with Crippen LogP contribution in [0.15, 0.2) is 21.8 Å². The summed E-state index contributed by atoms with van der Waals surface area (Å²) in [4.78, 5) is 35.1. The number of carbonyl (C=O) groups is 1. The molecule has 4 rings (SSSR count). The van der Waals surface area contributed by atoms with Crippen molar-refractivity contribution in [2.24, 2.45) is 5.92 Å². The third kappa shape index (κ3) is 2.63. The topological polar surface area (TPSA) is 114 Å². The Balaban J connectivity index is 1.57. The van der Waals surface area contributed by atoms with Gasteiger partial charge in [-0.3, -0.25) is 9.59 Å². The number of aromatic amines is 1. The van der Waals surface area contributed by atoms with E-state index in [-0.39, 0.29) is 29.1 Å². The molecule has 1 unspecified atom stereocenters. The first kappa shape index (κ1) is 13.2. The van der Waals surface area contributed by atoms with E-state index in [0.717, 1.165) is 25.7 Å². The fourth-order valence-electron chi connectivity index (χ4n) is 2.50.